The minimum Gasteiger partial charge on any atom is -0.374 e. The van der Waals surface area contributed by atoms with Gasteiger partial charge >= 0.3 is 0 Å². The lowest BCUT2D eigenvalue weighted by atomic mass is 10.0. The Bertz CT molecular complexity index is 524. The van der Waals surface area contributed by atoms with Gasteiger partial charge in [0.15, 0.2) is 0 Å². The van der Waals surface area contributed by atoms with E-state index in [1.54, 1.807) is 12.1 Å². The number of piperidine rings is 1. The molecule has 4 nitrogen and oxygen atoms in total. The number of hydrogen-bond acceptors (Lipinski definition) is 3. The number of amides is 2. The Balaban J connectivity index is 0.00000200. The Morgan fingerprint density at radius 1 is 1.42 bits per heavy atom. The van der Waals surface area contributed by atoms with Crippen molar-refractivity contribution in [3.8, 4) is 0 Å². The Hall–Kier alpha value is -1.91. The summed E-state index contributed by atoms with van der Waals surface area (Å²) in [5.41, 5.74) is 1.20. The van der Waals surface area contributed by atoms with Crippen molar-refractivity contribution < 1.29 is 16.8 Å². The maximum Gasteiger partial charge on any atom is 0.249 e. The highest BCUT2D eigenvalue weighted by Gasteiger charge is 2.26. The molecule has 1 aromatic carbocycles. The Morgan fingerprint density at radius 2 is 2.16 bits per heavy atom. The van der Waals surface area contributed by atoms with Gasteiger partial charge in [0.1, 0.15) is 11.9 Å². The van der Waals surface area contributed by atoms with Gasteiger partial charge in [-0.15, -0.1) is 0 Å². The first-order valence-corrected chi connectivity index (χ1v) is 6.37. The first-order chi connectivity index (χ1) is 8.97. The smallest absolute Gasteiger partial charge is 0.249 e. The second-order valence-electron chi connectivity index (χ2n) is 5.04. The average molecular weight is 268 g/mol. The predicted molar refractivity (Wildman–Crippen MR) is 74.5 cm³/mol. The molecule has 0 spiro atoms. The zero-order chi connectivity index (χ0) is 14.0. The lowest BCUT2D eigenvalue weighted by molar-refractivity contribution is -0.133. The maximum absolute atomic E-state index is 13.8. The molecule has 1 heterocycles. The summed E-state index contributed by atoms with van der Waals surface area (Å²) in [5, 5.41) is 5.21. The van der Waals surface area contributed by atoms with Crippen molar-refractivity contribution in [3.05, 3.63) is 29.6 Å². The number of benzene rings is 1. The number of carbonyl (C=O) groups excluding carboxylic acids is 2. The monoisotopic (exact) mass is 268 g/mol. The van der Waals surface area contributed by atoms with Crippen molar-refractivity contribution in [1.29, 1.82) is 0 Å². The molecule has 0 aromatic heterocycles. The average Bonchev–Trinajstić information content (AvgIpc) is 2.32. The SMILES string of the molecule is CC(C)c1ccc(NC2CCC(=O)NC2=O)cc1F.[HH].[HH]. The largest absolute Gasteiger partial charge is 0.374 e. The summed E-state index contributed by atoms with van der Waals surface area (Å²) in [5.74, 6) is -0.786. The Kier molecular flexibility index (Phi) is 3.83. The molecule has 106 valence electrons. The maximum atomic E-state index is 13.8. The molecule has 1 aliphatic heterocycles. The number of nitrogens with one attached hydrogen (secondary N) is 2. The quantitative estimate of drug-likeness (QED) is 0.829. The van der Waals surface area contributed by atoms with E-state index in [4.69, 9.17) is 0 Å². The number of imide groups is 1. The minimum absolute atomic E-state index is 0. The van der Waals surface area contributed by atoms with Crippen LogP contribution >= 0.6 is 0 Å². The van der Waals surface area contributed by atoms with Gasteiger partial charge < -0.3 is 5.32 Å². The van der Waals surface area contributed by atoms with E-state index in [0.29, 0.717) is 24.1 Å². The molecule has 1 aromatic rings. The third-order valence-electron chi connectivity index (χ3n) is 3.20. The van der Waals surface area contributed by atoms with E-state index in [2.05, 4.69) is 10.6 Å². The van der Waals surface area contributed by atoms with Crippen LogP contribution in [-0.2, 0) is 9.59 Å². The third-order valence-corrected chi connectivity index (χ3v) is 3.20. The minimum atomic E-state index is -0.484. The highest BCUT2D eigenvalue weighted by molar-refractivity contribution is 6.01. The summed E-state index contributed by atoms with van der Waals surface area (Å²) in [6.07, 6.45) is 0.730. The zero-order valence-corrected chi connectivity index (χ0v) is 11.0. The van der Waals surface area contributed by atoms with Crippen LogP contribution in [-0.4, -0.2) is 17.9 Å². The number of hydrogen-bond donors (Lipinski definition) is 2. The van der Waals surface area contributed by atoms with Crippen LogP contribution in [0.2, 0.25) is 0 Å². The van der Waals surface area contributed by atoms with E-state index < -0.39 is 6.04 Å². The van der Waals surface area contributed by atoms with Crippen LogP contribution in [0.15, 0.2) is 18.2 Å². The van der Waals surface area contributed by atoms with E-state index >= 15 is 0 Å². The number of rotatable bonds is 3. The lowest BCUT2D eigenvalue weighted by Gasteiger charge is -2.23. The molecular weight excluding hydrogens is 247 g/mol. The molecule has 1 aliphatic rings. The van der Waals surface area contributed by atoms with Gasteiger partial charge in [0, 0.05) is 15.0 Å². The number of carbonyl (C=O) groups is 2. The summed E-state index contributed by atoms with van der Waals surface area (Å²) in [7, 11) is 0. The summed E-state index contributed by atoms with van der Waals surface area (Å²) in [6, 6.07) is 4.37. The summed E-state index contributed by atoms with van der Waals surface area (Å²) < 4.78 is 13.8. The first kappa shape index (κ1) is 13.5. The molecule has 0 bridgehead atoms. The number of halogens is 1. The fraction of sp³-hybridized carbons (Fsp3) is 0.429. The van der Waals surface area contributed by atoms with E-state index in [9.17, 15) is 14.0 Å². The van der Waals surface area contributed by atoms with E-state index in [0.717, 1.165) is 0 Å². The van der Waals surface area contributed by atoms with Crippen LogP contribution in [0.1, 0.15) is 41.0 Å². The van der Waals surface area contributed by atoms with Crippen LogP contribution < -0.4 is 10.6 Å². The first-order valence-electron chi connectivity index (χ1n) is 6.37. The molecule has 2 N–H and O–H groups in total. The topological polar surface area (TPSA) is 58.2 Å². The lowest BCUT2D eigenvalue weighted by Crippen LogP contribution is -2.47. The zero-order valence-electron chi connectivity index (χ0n) is 11.0. The van der Waals surface area contributed by atoms with Crippen LogP contribution in [0.25, 0.3) is 0 Å². The normalized spacial score (nSPS) is 19.5. The standard InChI is InChI=1S/C14H17FN2O2.2H2/c1-8(2)10-4-3-9(7-11(10)15)16-12-5-6-13(18)17-14(12)19;;/h3-4,7-8,12,16H,5-6H2,1-2H3,(H,17,18,19);2*1H. The van der Waals surface area contributed by atoms with Gasteiger partial charge in [0.2, 0.25) is 11.8 Å². The van der Waals surface area contributed by atoms with Crippen molar-refractivity contribution in [2.24, 2.45) is 0 Å². The van der Waals surface area contributed by atoms with Gasteiger partial charge in [0.05, 0.1) is 0 Å². The molecule has 19 heavy (non-hydrogen) atoms. The number of anilines is 1. The van der Waals surface area contributed by atoms with Crippen molar-refractivity contribution in [3.63, 3.8) is 0 Å². The fourth-order valence-corrected chi connectivity index (χ4v) is 2.12. The van der Waals surface area contributed by atoms with Gasteiger partial charge in [-0.2, -0.15) is 0 Å². The summed E-state index contributed by atoms with van der Waals surface area (Å²) >= 11 is 0. The predicted octanol–water partition coefficient (Wildman–Crippen LogP) is 2.66. The van der Waals surface area contributed by atoms with Crippen molar-refractivity contribution in [1.82, 2.24) is 5.32 Å². The summed E-state index contributed by atoms with van der Waals surface area (Å²) in [4.78, 5) is 22.6. The van der Waals surface area contributed by atoms with Crippen LogP contribution in [0.5, 0.6) is 0 Å². The molecule has 0 radical (unpaired) electrons. The van der Waals surface area contributed by atoms with E-state index in [-0.39, 0.29) is 26.4 Å². The molecular formula is C14H21FN2O2. The second kappa shape index (κ2) is 5.38. The summed E-state index contributed by atoms with van der Waals surface area (Å²) in [6.45, 7) is 3.84. The highest BCUT2D eigenvalue weighted by Crippen LogP contribution is 2.22. The van der Waals surface area contributed by atoms with Gasteiger partial charge in [-0.05, 0) is 30.0 Å². The molecule has 2 amide bonds. The molecule has 0 saturated carbocycles. The van der Waals surface area contributed by atoms with Gasteiger partial charge in [-0.1, -0.05) is 19.9 Å². The molecule has 1 fully saturated rings. The Labute approximate surface area is 114 Å². The Morgan fingerprint density at radius 3 is 2.74 bits per heavy atom. The van der Waals surface area contributed by atoms with Gasteiger partial charge in [0.25, 0.3) is 0 Å². The molecule has 5 heteroatoms. The second-order valence-corrected chi connectivity index (χ2v) is 5.04. The molecule has 1 saturated heterocycles. The highest BCUT2D eigenvalue weighted by atomic mass is 19.1. The van der Waals surface area contributed by atoms with E-state index in [1.807, 2.05) is 13.8 Å². The molecule has 2 rings (SSSR count). The third kappa shape index (κ3) is 3.10. The molecule has 1 unspecified atom stereocenters. The van der Waals surface area contributed by atoms with Crippen molar-refractivity contribution >= 4 is 17.5 Å². The van der Waals surface area contributed by atoms with Gasteiger partial charge in [-0.25, -0.2) is 4.39 Å². The fourth-order valence-electron chi connectivity index (χ4n) is 2.12. The van der Waals surface area contributed by atoms with Crippen LogP contribution in [0.3, 0.4) is 0 Å². The van der Waals surface area contributed by atoms with E-state index in [1.165, 1.54) is 6.07 Å². The van der Waals surface area contributed by atoms with Crippen LogP contribution in [0, 0.1) is 5.82 Å². The van der Waals surface area contributed by atoms with Crippen molar-refractivity contribution in [2.75, 3.05) is 5.32 Å². The van der Waals surface area contributed by atoms with Crippen LogP contribution in [0.4, 0.5) is 10.1 Å². The van der Waals surface area contributed by atoms with Crippen molar-refractivity contribution in [2.45, 2.75) is 38.6 Å². The van der Waals surface area contributed by atoms with Gasteiger partial charge in [-0.3, -0.25) is 14.9 Å². The molecule has 0 aliphatic carbocycles. The molecule has 1 atom stereocenters.